The van der Waals surface area contributed by atoms with E-state index in [1.54, 1.807) is 4.90 Å². The minimum atomic E-state index is -0.459. The number of rotatable bonds is 16. The molecule has 1 atom stereocenters. The lowest BCUT2D eigenvalue weighted by Gasteiger charge is -2.22. The van der Waals surface area contributed by atoms with Crippen LogP contribution >= 0.6 is 0 Å². The third kappa shape index (κ3) is 10.7. The number of unbranched alkanes of at least 4 members (excludes halogenated alkanes) is 12. The molecule has 1 rings (SSSR count). The van der Waals surface area contributed by atoms with E-state index in [2.05, 4.69) is 16.7 Å². The number of carbonyl (C=O) groups is 2. The third-order valence-corrected chi connectivity index (χ3v) is 5.50. The maximum atomic E-state index is 12.3. The molecule has 0 aliphatic carbocycles. The Morgan fingerprint density at radius 3 is 1.89 bits per heavy atom. The van der Waals surface area contributed by atoms with Crippen molar-refractivity contribution >= 4 is 11.9 Å². The van der Waals surface area contributed by atoms with E-state index in [1.165, 1.54) is 77.7 Å². The van der Waals surface area contributed by atoms with Gasteiger partial charge in [-0.3, -0.25) is 9.68 Å². The van der Waals surface area contributed by atoms with Gasteiger partial charge < -0.3 is 4.90 Å². The first-order chi connectivity index (χ1) is 13.2. The van der Waals surface area contributed by atoms with Crippen LogP contribution in [0, 0.1) is 0 Å². The largest absolute Gasteiger partial charge is 0.364 e. The fourth-order valence-corrected chi connectivity index (χ4v) is 3.89. The minimum absolute atomic E-state index is 0.0774. The first-order valence-corrected chi connectivity index (χ1v) is 11.2. The van der Waals surface area contributed by atoms with Gasteiger partial charge in [0, 0.05) is 13.0 Å². The van der Waals surface area contributed by atoms with Gasteiger partial charge in [0.05, 0.1) is 7.11 Å². The highest BCUT2D eigenvalue weighted by atomic mass is 17.2. The first kappa shape index (κ1) is 23.9. The van der Waals surface area contributed by atoms with E-state index < -0.39 is 12.0 Å². The molecule has 0 radical (unpaired) electrons. The number of hydrogen-bond acceptors (Lipinski definition) is 4. The molecule has 0 bridgehead atoms. The van der Waals surface area contributed by atoms with E-state index in [9.17, 15) is 9.59 Å². The van der Waals surface area contributed by atoms with Crippen molar-refractivity contribution in [3.8, 4) is 0 Å². The summed E-state index contributed by atoms with van der Waals surface area (Å²) in [5.74, 6) is -0.373. The van der Waals surface area contributed by atoms with Crippen LogP contribution in [-0.2, 0) is 19.4 Å². The summed E-state index contributed by atoms with van der Waals surface area (Å²) in [6.07, 6.45) is 18.9. The summed E-state index contributed by atoms with van der Waals surface area (Å²) in [5, 5.41) is 0. The molecule has 1 aliphatic rings. The Labute approximate surface area is 166 Å². The topological polar surface area (TPSA) is 55.8 Å². The summed E-state index contributed by atoms with van der Waals surface area (Å²) in [7, 11) is 1.31. The van der Waals surface area contributed by atoms with E-state index in [0.29, 0.717) is 19.4 Å². The number of likely N-dealkylation sites (tertiary alicyclic amines) is 1. The van der Waals surface area contributed by atoms with E-state index in [-0.39, 0.29) is 5.91 Å². The molecule has 0 aromatic carbocycles. The quantitative estimate of drug-likeness (QED) is 0.199. The fraction of sp³-hybridized carbons (Fsp3) is 0.909. The van der Waals surface area contributed by atoms with E-state index >= 15 is 0 Å². The fourth-order valence-electron chi connectivity index (χ4n) is 3.89. The number of nitrogens with zero attached hydrogens (tertiary/aromatic N) is 1. The van der Waals surface area contributed by atoms with Gasteiger partial charge in [0.2, 0.25) is 5.91 Å². The molecule has 0 unspecified atom stereocenters. The Morgan fingerprint density at radius 1 is 0.852 bits per heavy atom. The van der Waals surface area contributed by atoms with Gasteiger partial charge in [-0.25, -0.2) is 4.79 Å². The summed E-state index contributed by atoms with van der Waals surface area (Å²) >= 11 is 0. The van der Waals surface area contributed by atoms with E-state index in [0.717, 1.165) is 19.3 Å². The molecule has 0 saturated carbocycles. The van der Waals surface area contributed by atoms with Crippen LogP contribution in [0.2, 0.25) is 0 Å². The zero-order chi connectivity index (χ0) is 19.7. The Hall–Kier alpha value is -1.10. The van der Waals surface area contributed by atoms with Crippen molar-refractivity contribution in [2.75, 3.05) is 13.7 Å². The maximum Gasteiger partial charge on any atom is 0.364 e. The molecule has 27 heavy (non-hydrogen) atoms. The monoisotopic (exact) mass is 383 g/mol. The molecule has 5 nitrogen and oxygen atoms in total. The molecular formula is C22H41NO4. The average molecular weight is 384 g/mol. The van der Waals surface area contributed by atoms with Gasteiger partial charge in [0.15, 0.2) is 0 Å². The lowest BCUT2D eigenvalue weighted by molar-refractivity contribution is -0.258. The van der Waals surface area contributed by atoms with Crippen molar-refractivity contribution in [1.29, 1.82) is 0 Å². The Balaban J connectivity index is 1.96. The van der Waals surface area contributed by atoms with Gasteiger partial charge in [0.1, 0.15) is 6.04 Å². The molecule has 0 N–H and O–H groups in total. The molecule has 158 valence electrons. The molecule has 1 aliphatic heterocycles. The highest BCUT2D eigenvalue weighted by Gasteiger charge is 2.35. The Kier molecular flexibility index (Phi) is 14.1. The smallest absolute Gasteiger partial charge is 0.329 e. The van der Waals surface area contributed by atoms with Crippen LogP contribution in [0.4, 0.5) is 0 Å². The Bertz CT molecular complexity index is 400. The molecule has 1 heterocycles. The molecule has 1 fully saturated rings. The first-order valence-electron chi connectivity index (χ1n) is 11.2. The lowest BCUT2D eigenvalue weighted by atomic mass is 10.0. The van der Waals surface area contributed by atoms with Crippen molar-refractivity contribution in [3.05, 3.63) is 0 Å². The van der Waals surface area contributed by atoms with Gasteiger partial charge in [0.25, 0.3) is 0 Å². The predicted molar refractivity (Wildman–Crippen MR) is 108 cm³/mol. The molecule has 0 spiro atoms. The second-order valence-corrected chi connectivity index (χ2v) is 7.81. The van der Waals surface area contributed by atoms with Crippen LogP contribution in [0.25, 0.3) is 0 Å². The molecule has 1 saturated heterocycles. The van der Waals surface area contributed by atoms with Crippen LogP contribution in [0.15, 0.2) is 0 Å². The standard InChI is InChI=1S/C22H41NO4/c1-3-4-5-6-7-8-9-10-11-12-13-14-15-18-21(24)23-19-16-17-20(23)22(25)27-26-2/h20H,3-19H2,1-2H3/t20-/m0/s1. The molecule has 0 aromatic heterocycles. The normalized spacial score (nSPS) is 16.7. The predicted octanol–water partition coefficient (Wildman–Crippen LogP) is 5.56. The second kappa shape index (κ2) is 15.9. The number of hydrogen-bond donors (Lipinski definition) is 0. The van der Waals surface area contributed by atoms with Crippen LogP contribution in [-0.4, -0.2) is 36.5 Å². The van der Waals surface area contributed by atoms with Crippen LogP contribution in [0.1, 0.15) is 110 Å². The van der Waals surface area contributed by atoms with E-state index in [4.69, 9.17) is 0 Å². The summed E-state index contributed by atoms with van der Waals surface area (Å²) in [6.45, 7) is 2.92. The number of carbonyl (C=O) groups excluding carboxylic acids is 2. The molecular weight excluding hydrogens is 342 g/mol. The van der Waals surface area contributed by atoms with Gasteiger partial charge >= 0.3 is 5.97 Å². The van der Waals surface area contributed by atoms with Crippen molar-refractivity contribution in [2.24, 2.45) is 0 Å². The lowest BCUT2D eigenvalue weighted by Crippen LogP contribution is -2.41. The van der Waals surface area contributed by atoms with Crippen molar-refractivity contribution in [3.63, 3.8) is 0 Å². The zero-order valence-electron chi connectivity index (χ0n) is 17.7. The van der Waals surface area contributed by atoms with Crippen molar-refractivity contribution < 1.29 is 19.4 Å². The highest BCUT2D eigenvalue weighted by Crippen LogP contribution is 2.21. The van der Waals surface area contributed by atoms with Crippen molar-refractivity contribution in [2.45, 2.75) is 116 Å². The SMILES string of the molecule is CCCCCCCCCCCCCCCC(=O)N1CCC[C@H]1C(=O)OOC. The summed E-state index contributed by atoms with van der Waals surface area (Å²) in [4.78, 5) is 34.9. The minimum Gasteiger partial charge on any atom is -0.329 e. The zero-order valence-corrected chi connectivity index (χ0v) is 17.7. The van der Waals surface area contributed by atoms with Gasteiger partial charge in [-0.15, -0.1) is 0 Å². The summed E-state index contributed by atoms with van der Waals surface area (Å²) in [5.41, 5.74) is 0. The van der Waals surface area contributed by atoms with Crippen LogP contribution in [0.5, 0.6) is 0 Å². The molecule has 5 heteroatoms. The van der Waals surface area contributed by atoms with Crippen LogP contribution < -0.4 is 0 Å². The third-order valence-electron chi connectivity index (χ3n) is 5.50. The summed E-state index contributed by atoms with van der Waals surface area (Å²) < 4.78 is 0. The second-order valence-electron chi connectivity index (χ2n) is 7.81. The molecule has 1 amide bonds. The highest BCUT2D eigenvalue weighted by molar-refractivity contribution is 5.84. The Morgan fingerprint density at radius 2 is 1.37 bits per heavy atom. The molecule has 0 aromatic rings. The van der Waals surface area contributed by atoms with Gasteiger partial charge in [-0.2, -0.15) is 4.89 Å². The van der Waals surface area contributed by atoms with Crippen molar-refractivity contribution in [1.82, 2.24) is 4.90 Å². The van der Waals surface area contributed by atoms with Gasteiger partial charge in [-0.1, -0.05) is 84.0 Å². The average Bonchev–Trinajstić information content (AvgIpc) is 3.15. The van der Waals surface area contributed by atoms with Gasteiger partial charge in [-0.05, 0) is 19.3 Å². The summed E-state index contributed by atoms with van der Waals surface area (Å²) in [6, 6.07) is -0.459. The van der Waals surface area contributed by atoms with Crippen LogP contribution in [0.3, 0.4) is 0 Å². The number of amides is 1. The maximum absolute atomic E-state index is 12.3. The van der Waals surface area contributed by atoms with E-state index in [1.807, 2.05) is 0 Å².